The Hall–Kier alpha value is -1.50. The second kappa shape index (κ2) is 7.33. The Labute approximate surface area is 121 Å². The van der Waals surface area contributed by atoms with Crippen molar-refractivity contribution in [2.45, 2.75) is 44.9 Å². The standard InChI is InChI=1S/C16H24N2O2/c1-2-3-4-5-7-15(19)17-10-6-11-18(13-12-17)16(20)14-8-9-14/h1,14H,3-13H2. The summed E-state index contributed by atoms with van der Waals surface area (Å²) in [6.45, 7) is 2.97. The molecule has 0 N–H and O–H groups in total. The van der Waals surface area contributed by atoms with Gasteiger partial charge in [0.2, 0.25) is 11.8 Å². The molecule has 0 unspecified atom stereocenters. The largest absolute Gasteiger partial charge is 0.341 e. The predicted molar refractivity (Wildman–Crippen MR) is 77.8 cm³/mol. The SMILES string of the molecule is C#CCCCCC(=O)N1CCCN(C(=O)C2CC2)CC1. The Balaban J connectivity index is 1.72. The fourth-order valence-electron chi connectivity index (χ4n) is 2.64. The van der Waals surface area contributed by atoms with Gasteiger partial charge in [-0.15, -0.1) is 12.3 Å². The summed E-state index contributed by atoms with van der Waals surface area (Å²) in [6.07, 6.45) is 11.3. The van der Waals surface area contributed by atoms with Crippen molar-refractivity contribution < 1.29 is 9.59 Å². The zero-order chi connectivity index (χ0) is 14.4. The van der Waals surface area contributed by atoms with Crippen LogP contribution in [0.5, 0.6) is 0 Å². The van der Waals surface area contributed by atoms with E-state index in [1.807, 2.05) is 9.80 Å². The van der Waals surface area contributed by atoms with E-state index in [4.69, 9.17) is 6.42 Å². The van der Waals surface area contributed by atoms with Gasteiger partial charge in [0.25, 0.3) is 0 Å². The second-order valence-corrected chi connectivity index (χ2v) is 5.75. The zero-order valence-corrected chi connectivity index (χ0v) is 12.1. The number of nitrogens with zero attached hydrogens (tertiary/aromatic N) is 2. The third-order valence-corrected chi connectivity index (χ3v) is 4.05. The lowest BCUT2D eigenvalue weighted by atomic mass is 10.2. The van der Waals surface area contributed by atoms with E-state index in [2.05, 4.69) is 5.92 Å². The van der Waals surface area contributed by atoms with Gasteiger partial charge in [-0.1, -0.05) is 0 Å². The highest BCUT2D eigenvalue weighted by molar-refractivity contribution is 5.81. The molecule has 2 rings (SSSR count). The molecular formula is C16H24N2O2. The molecule has 2 fully saturated rings. The molecule has 0 aromatic heterocycles. The van der Waals surface area contributed by atoms with Crippen LogP contribution in [0, 0.1) is 18.3 Å². The van der Waals surface area contributed by atoms with Crippen LogP contribution in [-0.4, -0.2) is 47.8 Å². The first-order valence-electron chi connectivity index (χ1n) is 7.72. The molecule has 1 saturated heterocycles. The van der Waals surface area contributed by atoms with Crippen molar-refractivity contribution in [2.24, 2.45) is 5.92 Å². The molecule has 0 spiro atoms. The summed E-state index contributed by atoms with van der Waals surface area (Å²) in [5.74, 6) is 3.39. The molecule has 0 bridgehead atoms. The summed E-state index contributed by atoms with van der Waals surface area (Å²) < 4.78 is 0. The summed E-state index contributed by atoms with van der Waals surface area (Å²) >= 11 is 0. The van der Waals surface area contributed by atoms with E-state index in [-0.39, 0.29) is 11.8 Å². The van der Waals surface area contributed by atoms with Crippen LogP contribution < -0.4 is 0 Å². The molecule has 4 heteroatoms. The van der Waals surface area contributed by atoms with E-state index in [0.717, 1.165) is 51.6 Å². The van der Waals surface area contributed by atoms with Gasteiger partial charge >= 0.3 is 0 Å². The number of carbonyl (C=O) groups is 2. The first-order valence-corrected chi connectivity index (χ1v) is 7.72. The number of terminal acetylenes is 1. The zero-order valence-electron chi connectivity index (χ0n) is 12.1. The Morgan fingerprint density at radius 3 is 2.45 bits per heavy atom. The van der Waals surface area contributed by atoms with Gasteiger partial charge in [0.05, 0.1) is 0 Å². The minimum atomic E-state index is 0.211. The highest BCUT2D eigenvalue weighted by Crippen LogP contribution is 2.31. The van der Waals surface area contributed by atoms with Crippen molar-refractivity contribution in [3.63, 3.8) is 0 Å². The van der Waals surface area contributed by atoms with Gasteiger partial charge in [-0.25, -0.2) is 0 Å². The lowest BCUT2D eigenvalue weighted by Gasteiger charge is -2.22. The van der Waals surface area contributed by atoms with Crippen LogP contribution in [0.2, 0.25) is 0 Å². The van der Waals surface area contributed by atoms with Crippen LogP contribution in [0.15, 0.2) is 0 Å². The Morgan fingerprint density at radius 1 is 1.05 bits per heavy atom. The fourth-order valence-corrected chi connectivity index (χ4v) is 2.64. The third-order valence-electron chi connectivity index (χ3n) is 4.05. The van der Waals surface area contributed by atoms with Crippen molar-refractivity contribution in [3.05, 3.63) is 0 Å². The third kappa shape index (κ3) is 4.26. The van der Waals surface area contributed by atoms with Crippen molar-refractivity contribution in [1.29, 1.82) is 0 Å². The van der Waals surface area contributed by atoms with Crippen molar-refractivity contribution >= 4 is 11.8 Å². The number of carbonyl (C=O) groups excluding carboxylic acids is 2. The minimum Gasteiger partial charge on any atom is -0.341 e. The molecule has 2 aliphatic rings. The van der Waals surface area contributed by atoms with E-state index in [0.29, 0.717) is 25.4 Å². The van der Waals surface area contributed by atoms with E-state index < -0.39 is 0 Å². The lowest BCUT2D eigenvalue weighted by Crippen LogP contribution is -2.37. The molecular weight excluding hydrogens is 252 g/mol. The molecule has 20 heavy (non-hydrogen) atoms. The lowest BCUT2D eigenvalue weighted by molar-refractivity contribution is -0.134. The summed E-state index contributed by atoms with van der Waals surface area (Å²) in [6, 6.07) is 0. The maximum absolute atomic E-state index is 12.1. The predicted octanol–water partition coefficient (Wildman–Crippen LogP) is 1.65. The van der Waals surface area contributed by atoms with Gasteiger partial charge in [-0.3, -0.25) is 9.59 Å². The molecule has 0 aromatic rings. The minimum absolute atomic E-state index is 0.211. The molecule has 1 heterocycles. The first-order chi connectivity index (χ1) is 9.72. The Morgan fingerprint density at radius 2 is 1.75 bits per heavy atom. The van der Waals surface area contributed by atoms with E-state index in [1.165, 1.54) is 0 Å². The van der Waals surface area contributed by atoms with Crippen molar-refractivity contribution in [2.75, 3.05) is 26.2 Å². The van der Waals surface area contributed by atoms with Gasteiger partial charge in [0.1, 0.15) is 0 Å². The van der Waals surface area contributed by atoms with Crippen molar-refractivity contribution in [1.82, 2.24) is 9.80 Å². The maximum atomic E-state index is 12.1. The monoisotopic (exact) mass is 276 g/mol. The number of amides is 2. The summed E-state index contributed by atoms with van der Waals surface area (Å²) in [7, 11) is 0. The van der Waals surface area contributed by atoms with Crippen LogP contribution in [-0.2, 0) is 9.59 Å². The van der Waals surface area contributed by atoms with Crippen molar-refractivity contribution in [3.8, 4) is 12.3 Å². The topological polar surface area (TPSA) is 40.6 Å². The first kappa shape index (κ1) is 14.9. The Bertz CT molecular complexity index is 396. The van der Waals surface area contributed by atoms with E-state index >= 15 is 0 Å². The molecule has 1 aliphatic carbocycles. The highest BCUT2D eigenvalue weighted by atomic mass is 16.2. The molecule has 1 aliphatic heterocycles. The number of hydrogen-bond acceptors (Lipinski definition) is 2. The van der Waals surface area contributed by atoms with Gasteiger partial charge in [-0.05, 0) is 32.1 Å². The highest BCUT2D eigenvalue weighted by Gasteiger charge is 2.34. The average molecular weight is 276 g/mol. The number of hydrogen-bond donors (Lipinski definition) is 0. The normalized spacial score (nSPS) is 19.4. The summed E-state index contributed by atoms with van der Waals surface area (Å²) in [4.78, 5) is 28.0. The smallest absolute Gasteiger partial charge is 0.225 e. The van der Waals surface area contributed by atoms with E-state index in [9.17, 15) is 9.59 Å². The average Bonchev–Trinajstić information content (AvgIpc) is 3.28. The fraction of sp³-hybridized carbons (Fsp3) is 0.750. The quantitative estimate of drug-likeness (QED) is 0.566. The second-order valence-electron chi connectivity index (χ2n) is 5.75. The molecule has 110 valence electrons. The van der Waals surface area contributed by atoms with Gasteiger partial charge < -0.3 is 9.80 Å². The van der Waals surface area contributed by atoms with Crippen LogP contribution in [0.25, 0.3) is 0 Å². The molecule has 0 aromatic carbocycles. The van der Waals surface area contributed by atoms with Gasteiger partial charge in [0.15, 0.2) is 0 Å². The Kier molecular flexibility index (Phi) is 5.46. The molecule has 4 nitrogen and oxygen atoms in total. The molecule has 0 atom stereocenters. The van der Waals surface area contributed by atoms with Gasteiger partial charge in [-0.2, -0.15) is 0 Å². The van der Waals surface area contributed by atoms with Crippen LogP contribution in [0.3, 0.4) is 0 Å². The molecule has 2 amide bonds. The van der Waals surface area contributed by atoms with E-state index in [1.54, 1.807) is 0 Å². The molecule has 0 radical (unpaired) electrons. The molecule has 1 saturated carbocycles. The number of unbranched alkanes of at least 4 members (excludes halogenated alkanes) is 2. The van der Waals surface area contributed by atoms with Crippen LogP contribution >= 0.6 is 0 Å². The summed E-state index contributed by atoms with van der Waals surface area (Å²) in [5.41, 5.74) is 0. The van der Waals surface area contributed by atoms with Crippen LogP contribution in [0.1, 0.15) is 44.9 Å². The summed E-state index contributed by atoms with van der Waals surface area (Å²) in [5, 5.41) is 0. The van der Waals surface area contributed by atoms with Gasteiger partial charge in [0, 0.05) is 44.9 Å². The van der Waals surface area contributed by atoms with Crippen LogP contribution in [0.4, 0.5) is 0 Å². The maximum Gasteiger partial charge on any atom is 0.225 e. The number of rotatable bonds is 5.